The van der Waals surface area contributed by atoms with Crippen LogP contribution in [0.25, 0.3) is 0 Å². The second-order valence-electron chi connectivity index (χ2n) is 6.00. The smallest absolute Gasteiger partial charge is 0.317 e. The SMILES string of the molecule is CCOC(=O)C1C(N(C)C)=NC(N)=C(S(C)(=O)=O)C1c1ccccc1. The van der Waals surface area contributed by atoms with E-state index in [4.69, 9.17) is 10.5 Å². The van der Waals surface area contributed by atoms with Gasteiger partial charge in [-0.3, -0.25) is 4.79 Å². The maximum absolute atomic E-state index is 12.7. The number of hydrogen-bond donors (Lipinski definition) is 1. The Bertz CT molecular complexity index is 814. The molecule has 1 aliphatic heterocycles. The molecule has 2 unspecified atom stereocenters. The van der Waals surface area contributed by atoms with Crippen LogP contribution in [-0.2, 0) is 19.4 Å². The first kappa shape index (κ1) is 19.0. The monoisotopic (exact) mass is 365 g/mol. The summed E-state index contributed by atoms with van der Waals surface area (Å²) in [5.74, 6) is -1.94. The van der Waals surface area contributed by atoms with Crippen LogP contribution in [0.4, 0.5) is 0 Å². The zero-order valence-electron chi connectivity index (χ0n) is 14.8. The number of amidine groups is 1. The van der Waals surface area contributed by atoms with Crippen LogP contribution in [0.1, 0.15) is 18.4 Å². The fourth-order valence-electron chi connectivity index (χ4n) is 2.98. The fourth-order valence-corrected chi connectivity index (χ4v) is 4.14. The molecule has 7 nitrogen and oxygen atoms in total. The molecule has 2 atom stereocenters. The van der Waals surface area contributed by atoms with Crippen LogP contribution in [0.5, 0.6) is 0 Å². The Morgan fingerprint density at radius 2 is 1.88 bits per heavy atom. The molecular formula is C17H23N3O4S. The van der Waals surface area contributed by atoms with Crippen LogP contribution in [0.3, 0.4) is 0 Å². The molecule has 136 valence electrons. The molecule has 0 bridgehead atoms. The van der Waals surface area contributed by atoms with E-state index in [1.54, 1.807) is 50.2 Å². The summed E-state index contributed by atoms with van der Waals surface area (Å²) in [6.45, 7) is 1.89. The van der Waals surface area contributed by atoms with Crippen molar-refractivity contribution in [3.05, 3.63) is 46.6 Å². The van der Waals surface area contributed by atoms with Crippen molar-refractivity contribution in [1.29, 1.82) is 0 Å². The van der Waals surface area contributed by atoms with Gasteiger partial charge in [-0.15, -0.1) is 0 Å². The quantitative estimate of drug-likeness (QED) is 0.802. The number of carbonyl (C=O) groups excluding carboxylic acids is 1. The van der Waals surface area contributed by atoms with Gasteiger partial charge in [0, 0.05) is 26.3 Å². The highest BCUT2D eigenvalue weighted by Gasteiger charge is 2.45. The zero-order valence-corrected chi connectivity index (χ0v) is 15.6. The number of allylic oxidation sites excluding steroid dienone is 1. The van der Waals surface area contributed by atoms with E-state index in [1.807, 2.05) is 6.07 Å². The van der Waals surface area contributed by atoms with E-state index in [0.717, 1.165) is 6.26 Å². The van der Waals surface area contributed by atoms with Gasteiger partial charge in [-0.1, -0.05) is 30.3 Å². The Hall–Kier alpha value is -2.35. The van der Waals surface area contributed by atoms with Gasteiger partial charge in [0.25, 0.3) is 0 Å². The van der Waals surface area contributed by atoms with Crippen molar-refractivity contribution in [1.82, 2.24) is 4.90 Å². The van der Waals surface area contributed by atoms with Gasteiger partial charge >= 0.3 is 5.97 Å². The van der Waals surface area contributed by atoms with Crippen LogP contribution in [0, 0.1) is 5.92 Å². The molecule has 0 aromatic heterocycles. The molecule has 1 aromatic rings. The number of benzene rings is 1. The number of sulfone groups is 1. The lowest BCUT2D eigenvalue weighted by Gasteiger charge is -2.34. The van der Waals surface area contributed by atoms with E-state index >= 15 is 0 Å². The van der Waals surface area contributed by atoms with Crippen LogP contribution in [-0.4, -0.2) is 52.1 Å². The Balaban J connectivity index is 2.76. The molecule has 2 rings (SSSR count). The van der Waals surface area contributed by atoms with Gasteiger partial charge in [-0.05, 0) is 12.5 Å². The van der Waals surface area contributed by atoms with Crippen molar-refractivity contribution in [2.24, 2.45) is 16.6 Å². The first-order valence-corrected chi connectivity index (χ1v) is 9.74. The molecule has 0 spiro atoms. The van der Waals surface area contributed by atoms with Crippen molar-refractivity contribution in [2.75, 3.05) is 27.0 Å². The van der Waals surface area contributed by atoms with Crippen LogP contribution < -0.4 is 5.73 Å². The predicted molar refractivity (Wildman–Crippen MR) is 96.5 cm³/mol. The maximum Gasteiger partial charge on any atom is 0.317 e. The van der Waals surface area contributed by atoms with Crippen molar-refractivity contribution < 1.29 is 17.9 Å². The van der Waals surface area contributed by atoms with Crippen LogP contribution in [0.2, 0.25) is 0 Å². The summed E-state index contributed by atoms with van der Waals surface area (Å²) in [5, 5.41) is 0. The van der Waals surface area contributed by atoms with E-state index in [0.29, 0.717) is 11.4 Å². The first-order chi connectivity index (χ1) is 11.7. The third kappa shape index (κ3) is 3.84. The largest absolute Gasteiger partial charge is 0.465 e. The summed E-state index contributed by atoms with van der Waals surface area (Å²) in [6.07, 6.45) is 1.07. The summed E-state index contributed by atoms with van der Waals surface area (Å²) < 4.78 is 30.0. The molecule has 1 heterocycles. The fraction of sp³-hybridized carbons (Fsp3) is 0.412. The maximum atomic E-state index is 12.7. The summed E-state index contributed by atoms with van der Waals surface area (Å²) in [4.78, 5) is 18.5. The average molecular weight is 365 g/mol. The van der Waals surface area contributed by atoms with E-state index in [1.165, 1.54) is 0 Å². The molecule has 0 saturated carbocycles. The number of aliphatic imine (C=N–C) groups is 1. The highest BCUT2D eigenvalue weighted by atomic mass is 32.2. The van der Waals surface area contributed by atoms with Gasteiger partial charge in [0.05, 0.1) is 11.5 Å². The second-order valence-corrected chi connectivity index (χ2v) is 7.99. The van der Waals surface area contributed by atoms with Crippen molar-refractivity contribution >= 4 is 21.6 Å². The van der Waals surface area contributed by atoms with Crippen LogP contribution in [0.15, 0.2) is 46.1 Å². The lowest BCUT2D eigenvalue weighted by atomic mass is 9.82. The lowest BCUT2D eigenvalue weighted by Crippen LogP contribution is -2.44. The molecule has 0 saturated heterocycles. The van der Waals surface area contributed by atoms with Gasteiger partial charge in [-0.25, -0.2) is 13.4 Å². The summed E-state index contributed by atoms with van der Waals surface area (Å²) >= 11 is 0. The van der Waals surface area contributed by atoms with Crippen molar-refractivity contribution in [2.45, 2.75) is 12.8 Å². The standard InChI is InChI=1S/C17H23N3O4S/c1-5-24-17(21)13-12(11-9-7-6-8-10-11)14(25(4,22)23)15(18)19-16(13)20(2)3/h6-10,12-13H,5,18H2,1-4H3. The second kappa shape index (κ2) is 7.26. The van der Waals surface area contributed by atoms with Crippen molar-refractivity contribution in [3.8, 4) is 0 Å². The highest BCUT2D eigenvalue weighted by molar-refractivity contribution is 7.94. The average Bonchev–Trinajstić information content (AvgIpc) is 2.53. The molecule has 0 aliphatic carbocycles. The van der Waals surface area contributed by atoms with E-state index in [-0.39, 0.29) is 17.3 Å². The normalized spacial score (nSPS) is 20.9. The number of hydrogen-bond acceptors (Lipinski definition) is 7. The van der Waals surface area contributed by atoms with E-state index < -0.39 is 27.6 Å². The number of rotatable bonds is 4. The third-order valence-electron chi connectivity index (χ3n) is 3.94. The van der Waals surface area contributed by atoms with Gasteiger partial charge in [0.2, 0.25) is 0 Å². The summed E-state index contributed by atoms with van der Waals surface area (Å²) in [7, 11) is -0.226. The van der Waals surface area contributed by atoms with Gasteiger partial charge in [0.15, 0.2) is 9.84 Å². The number of esters is 1. The Morgan fingerprint density at radius 1 is 1.28 bits per heavy atom. The van der Waals surface area contributed by atoms with Gasteiger partial charge in [-0.2, -0.15) is 0 Å². The molecule has 0 fully saturated rings. The molecule has 8 heteroatoms. The molecule has 0 amide bonds. The third-order valence-corrected chi connectivity index (χ3v) is 5.20. The first-order valence-electron chi connectivity index (χ1n) is 7.85. The Morgan fingerprint density at radius 3 is 2.36 bits per heavy atom. The Labute approximate surface area is 148 Å². The van der Waals surface area contributed by atoms with E-state index in [9.17, 15) is 13.2 Å². The molecule has 1 aromatic carbocycles. The minimum atomic E-state index is -3.68. The number of carbonyl (C=O) groups is 1. The molecule has 1 aliphatic rings. The molecule has 0 radical (unpaired) electrons. The molecule has 2 N–H and O–H groups in total. The van der Waals surface area contributed by atoms with Gasteiger partial charge in [0.1, 0.15) is 17.6 Å². The summed E-state index contributed by atoms with van der Waals surface area (Å²) in [6, 6.07) is 8.94. The minimum Gasteiger partial charge on any atom is -0.465 e. The van der Waals surface area contributed by atoms with E-state index in [2.05, 4.69) is 4.99 Å². The predicted octanol–water partition coefficient (Wildman–Crippen LogP) is 1.10. The lowest BCUT2D eigenvalue weighted by molar-refractivity contribution is -0.146. The Kier molecular flexibility index (Phi) is 5.52. The van der Waals surface area contributed by atoms with Crippen LogP contribution >= 0.6 is 0 Å². The number of ether oxygens (including phenoxy) is 1. The highest BCUT2D eigenvalue weighted by Crippen LogP contribution is 2.41. The number of nitrogens with zero attached hydrogens (tertiary/aromatic N) is 2. The zero-order chi connectivity index (χ0) is 18.8. The topological polar surface area (TPSA) is 102 Å². The van der Waals surface area contributed by atoms with Gasteiger partial charge < -0.3 is 15.4 Å². The summed E-state index contributed by atoms with van der Waals surface area (Å²) in [5.41, 5.74) is 6.66. The minimum absolute atomic E-state index is 0.0534. The molecule has 25 heavy (non-hydrogen) atoms. The molecular weight excluding hydrogens is 342 g/mol. The van der Waals surface area contributed by atoms with Crippen molar-refractivity contribution in [3.63, 3.8) is 0 Å². The number of nitrogens with two attached hydrogens (primary N) is 1.